The quantitative estimate of drug-likeness (QED) is 0.680. The number of nitrogens with one attached hydrogen (secondary N) is 1. The number of aliphatic hydroxyl groups excluding tert-OH is 1. The Morgan fingerprint density at radius 2 is 2.10 bits per heavy atom. The molecule has 1 atom stereocenters. The summed E-state index contributed by atoms with van der Waals surface area (Å²) in [6.45, 7) is 4.48. The third-order valence-corrected chi connectivity index (χ3v) is 3.76. The Balaban J connectivity index is 1.65. The molecule has 118 valence electrons. The zero-order valence-corrected chi connectivity index (χ0v) is 12.4. The van der Waals surface area contributed by atoms with Crippen LogP contribution in [0.5, 0.6) is 5.75 Å². The van der Waals surface area contributed by atoms with Crippen LogP contribution in [0, 0.1) is 5.82 Å². The second kappa shape index (κ2) is 8.97. The number of ether oxygens (including phenoxy) is 1. The lowest BCUT2D eigenvalue weighted by Gasteiger charge is -2.24. The number of hydrogen-bond acceptors (Lipinski definition) is 4. The predicted molar refractivity (Wildman–Crippen MR) is 81.1 cm³/mol. The van der Waals surface area contributed by atoms with Crippen molar-refractivity contribution in [1.29, 1.82) is 0 Å². The van der Waals surface area contributed by atoms with Gasteiger partial charge >= 0.3 is 0 Å². The first-order valence-corrected chi connectivity index (χ1v) is 7.73. The van der Waals surface area contributed by atoms with Gasteiger partial charge in [0, 0.05) is 25.7 Å². The van der Waals surface area contributed by atoms with Crippen molar-refractivity contribution in [3.63, 3.8) is 0 Å². The van der Waals surface area contributed by atoms with Gasteiger partial charge < -0.3 is 15.2 Å². The van der Waals surface area contributed by atoms with Gasteiger partial charge in [-0.2, -0.15) is 0 Å². The molecular weight excluding hydrogens is 271 g/mol. The van der Waals surface area contributed by atoms with Crippen molar-refractivity contribution in [1.82, 2.24) is 10.2 Å². The van der Waals surface area contributed by atoms with Crippen molar-refractivity contribution >= 4 is 0 Å². The summed E-state index contributed by atoms with van der Waals surface area (Å²) in [4.78, 5) is 2.27. The molecule has 0 aliphatic carbocycles. The van der Waals surface area contributed by atoms with E-state index in [9.17, 15) is 4.39 Å². The van der Waals surface area contributed by atoms with E-state index in [4.69, 9.17) is 9.84 Å². The predicted octanol–water partition coefficient (Wildman–Crippen LogP) is 1.64. The summed E-state index contributed by atoms with van der Waals surface area (Å²) in [5.74, 6) is 0.447. The van der Waals surface area contributed by atoms with Gasteiger partial charge in [-0.1, -0.05) is 0 Å². The number of hydrogen-bond donors (Lipinski definition) is 2. The van der Waals surface area contributed by atoms with Crippen LogP contribution in [0.3, 0.4) is 0 Å². The lowest BCUT2D eigenvalue weighted by molar-refractivity contribution is 0.173. The van der Waals surface area contributed by atoms with Gasteiger partial charge in [-0.05, 0) is 50.1 Å². The minimum atomic E-state index is -0.250. The van der Waals surface area contributed by atoms with Crippen molar-refractivity contribution in [2.45, 2.75) is 25.3 Å². The highest BCUT2D eigenvalue weighted by atomic mass is 19.1. The molecule has 1 aromatic carbocycles. The molecule has 21 heavy (non-hydrogen) atoms. The average Bonchev–Trinajstić information content (AvgIpc) is 2.98. The van der Waals surface area contributed by atoms with E-state index in [1.807, 2.05) is 0 Å². The number of nitrogens with zero attached hydrogens (tertiary/aromatic N) is 1. The van der Waals surface area contributed by atoms with Crippen LogP contribution in [0.4, 0.5) is 4.39 Å². The van der Waals surface area contributed by atoms with Crippen LogP contribution in [-0.4, -0.2) is 55.4 Å². The molecule has 1 aliphatic rings. The summed E-state index contributed by atoms with van der Waals surface area (Å²) < 4.78 is 18.4. The van der Waals surface area contributed by atoms with E-state index in [0.29, 0.717) is 24.9 Å². The van der Waals surface area contributed by atoms with E-state index in [-0.39, 0.29) is 12.4 Å². The summed E-state index contributed by atoms with van der Waals surface area (Å²) in [6.07, 6.45) is 3.35. The maximum absolute atomic E-state index is 12.8. The van der Waals surface area contributed by atoms with Crippen LogP contribution >= 0.6 is 0 Å². The Hall–Kier alpha value is -1.17. The normalized spacial score (nSPS) is 18.3. The van der Waals surface area contributed by atoms with Gasteiger partial charge in [0.15, 0.2) is 0 Å². The SMILES string of the molecule is OCCN(CCCOc1ccc(F)cc1)CC1CCCN1. The van der Waals surface area contributed by atoms with Gasteiger partial charge in [-0.15, -0.1) is 0 Å². The van der Waals surface area contributed by atoms with E-state index >= 15 is 0 Å². The molecule has 0 radical (unpaired) electrons. The van der Waals surface area contributed by atoms with Gasteiger partial charge in [0.2, 0.25) is 0 Å². The molecule has 1 aliphatic heterocycles. The molecule has 5 heteroatoms. The Kier molecular flexibility index (Phi) is 6.92. The molecule has 0 aromatic heterocycles. The molecular formula is C16H25FN2O2. The minimum absolute atomic E-state index is 0.186. The fraction of sp³-hybridized carbons (Fsp3) is 0.625. The van der Waals surface area contributed by atoms with Crippen molar-refractivity contribution < 1.29 is 14.2 Å². The molecule has 0 bridgehead atoms. The van der Waals surface area contributed by atoms with Crippen LogP contribution < -0.4 is 10.1 Å². The Bertz CT molecular complexity index is 394. The maximum Gasteiger partial charge on any atom is 0.123 e. The van der Waals surface area contributed by atoms with E-state index in [0.717, 1.165) is 26.1 Å². The van der Waals surface area contributed by atoms with E-state index < -0.39 is 0 Å². The third kappa shape index (κ3) is 5.99. The molecule has 4 nitrogen and oxygen atoms in total. The Morgan fingerprint density at radius 3 is 2.76 bits per heavy atom. The van der Waals surface area contributed by atoms with Crippen molar-refractivity contribution in [2.24, 2.45) is 0 Å². The van der Waals surface area contributed by atoms with Gasteiger partial charge in [0.1, 0.15) is 11.6 Å². The zero-order valence-electron chi connectivity index (χ0n) is 12.4. The van der Waals surface area contributed by atoms with Gasteiger partial charge in [0.05, 0.1) is 13.2 Å². The highest BCUT2D eigenvalue weighted by Gasteiger charge is 2.17. The molecule has 1 fully saturated rings. The van der Waals surface area contributed by atoms with Crippen LogP contribution in [0.15, 0.2) is 24.3 Å². The monoisotopic (exact) mass is 296 g/mol. The third-order valence-electron chi connectivity index (χ3n) is 3.76. The molecule has 1 unspecified atom stereocenters. The van der Waals surface area contributed by atoms with Crippen LogP contribution in [0.25, 0.3) is 0 Å². The van der Waals surface area contributed by atoms with E-state index in [2.05, 4.69) is 10.2 Å². The van der Waals surface area contributed by atoms with E-state index in [1.54, 1.807) is 12.1 Å². The highest BCUT2D eigenvalue weighted by Crippen LogP contribution is 2.11. The number of rotatable bonds is 9. The smallest absolute Gasteiger partial charge is 0.123 e. The first-order chi connectivity index (χ1) is 10.3. The molecule has 1 heterocycles. The van der Waals surface area contributed by atoms with Crippen molar-refractivity contribution in [3.05, 3.63) is 30.1 Å². The number of aliphatic hydroxyl groups is 1. The summed E-state index contributed by atoms with van der Waals surface area (Å²) in [6, 6.07) is 6.64. The first kappa shape index (κ1) is 16.2. The summed E-state index contributed by atoms with van der Waals surface area (Å²) in [7, 11) is 0. The largest absolute Gasteiger partial charge is 0.494 e. The second-order valence-corrected chi connectivity index (χ2v) is 5.47. The lowest BCUT2D eigenvalue weighted by Crippen LogP contribution is -2.39. The molecule has 1 saturated heterocycles. The Labute approximate surface area is 125 Å². The summed E-state index contributed by atoms with van der Waals surface area (Å²) in [5, 5.41) is 12.6. The van der Waals surface area contributed by atoms with E-state index in [1.165, 1.54) is 25.0 Å². The maximum atomic E-state index is 12.8. The molecule has 1 aromatic rings. The Morgan fingerprint density at radius 1 is 1.29 bits per heavy atom. The second-order valence-electron chi connectivity index (χ2n) is 5.47. The molecule has 0 amide bonds. The van der Waals surface area contributed by atoms with Crippen LogP contribution in [-0.2, 0) is 0 Å². The van der Waals surface area contributed by atoms with Gasteiger partial charge in [-0.25, -0.2) is 4.39 Å². The topological polar surface area (TPSA) is 44.7 Å². The number of benzene rings is 1. The zero-order chi connectivity index (χ0) is 14.9. The standard InChI is InChI=1S/C16H25FN2O2/c17-14-4-6-16(7-5-14)21-12-2-9-19(10-11-20)13-15-3-1-8-18-15/h4-7,15,18,20H,1-3,8-13H2. The van der Waals surface area contributed by atoms with Crippen molar-refractivity contribution in [2.75, 3.05) is 39.4 Å². The molecule has 2 rings (SSSR count). The van der Waals surface area contributed by atoms with Gasteiger partial charge in [0.25, 0.3) is 0 Å². The molecule has 0 saturated carbocycles. The average molecular weight is 296 g/mol. The van der Waals surface area contributed by atoms with Crippen LogP contribution in [0.2, 0.25) is 0 Å². The summed E-state index contributed by atoms with van der Waals surface area (Å²) in [5.41, 5.74) is 0. The van der Waals surface area contributed by atoms with Crippen LogP contribution in [0.1, 0.15) is 19.3 Å². The fourth-order valence-corrected chi connectivity index (χ4v) is 2.67. The van der Waals surface area contributed by atoms with Crippen molar-refractivity contribution in [3.8, 4) is 5.75 Å². The fourth-order valence-electron chi connectivity index (χ4n) is 2.67. The van der Waals surface area contributed by atoms with Gasteiger partial charge in [-0.3, -0.25) is 4.90 Å². The molecule has 0 spiro atoms. The summed E-state index contributed by atoms with van der Waals surface area (Å²) >= 11 is 0. The first-order valence-electron chi connectivity index (χ1n) is 7.73. The lowest BCUT2D eigenvalue weighted by atomic mass is 10.2. The molecule has 2 N–H and O–H groups in total. The highest BCUT2D eigenvalue weighted by molar-refractivity contribution is 5.21. The minimum Gasteiger partial charge on any atom is -0.494 e. The number of halogens is 1.